The molecule has 0 bridgehead atoms. The van der Waals surface area contributed by atoms with Crippen molar-refractivity contribution < 1.29 is 9.53 Å². The van der Waals surface area contributed by atoms with Crippen LogP contribution in [0.15, 0.2) is 24.3 Å². The monoisotopic (exact) mass is 243 g/mol. The van der Waals surface area contributed by atoms with Crippen LogP contribution in [0, 0.1) is 12.3 Å². The molecule has 1 aliphatic heterocycles. The van der Waals surface area contributed by atoms with Crippen molar-refractivity contribution in [1.82, 2.24) is 5.32 Å². The van der Waals surface area contributed by atoms with Crippen molar-refractivity contribution in [1.29, 1.82) is 0 Å². The summed E-state index contributed by atoms with van der Waals surface area (Å²) in [6.07, 6.45) is 7.43. The molecule has 1 atom stereocenters. The van der Waals surface area contributed by atoms with E-state index < -0.39 is 0 Å². The molecule has 0 radical (unpaired) electrons. The minimum atomic E-state index is -0.0965. The van der Waals surface area contributed by atoms with Crippen molar-refractivity contribution in [3.63, 3.8) is 0 Å². The number of carbonyl (C=O) groups excluding carboxylic acids is 1. The molecular weight excluding hydrogens is 226 g/mol. The fraction of sp³-hybridized carbons (Fsp3) is 0.400. The van der Waals surface area contributed by atoms with Gasteiger partial charge in [0.05, 0.1) is 12.5 Å². The minimum absolute atomic E-state index is 0.0720. The molecule has 0 saturated heterocycles. The molecular formula is C15H17NO2. The number of hydrogen-bond acceptors (Lipinski definition) is 2. The maximum absolute atomic E-state index is 12.1. The SMILES string of the molecule is C#CCCCNC(=O)C1CCOc2ccccc21. The van der Waals surface area contributed by atoms with E-state index in [1.54, 1.807) is 0 Å². The standard InChI is InChI=1S/C15H17NO2/c1-2-3-6-10-16-15(17)13-9-11-18-14-8-5-4-7-12(13)14/h1,4-5,7-8,13H,3,6,9-11H2,(H,16,17). The van der Waals surface area contributed by atoms with Crippen LogP contribution < -0.4 is 10.1 Å². The number of hydrogen-bond donors (Lipinski definition) is 1. The van der Waals surface area contributed by atoms with Crippen LogP contribution in [0.1, 0.15) is 30.7 Å². The van der Waals surface area contributed by atoms with Gasteiger partial charge in [0.15, 0.2) is 0 Å². The molecule has 3 heteroatoms. The van der Waals surface area contributed by atoms with E-state index in [-0.39, 0.29) is 11.8 Å². The van der Waals surface area contributed by atoms with Crippen LogP contribution in [-0.4, -0.2) is 19.1 Å². The molecule has 0 aromatic heterocycles. The van der Waals surface area contributed by atoms with E-state index in [1.165, 1.54) is 0 Å². The van der Waals surface area contributed by atoms with Crippen LogP contribution in [0.4, 0.5) is 0 Å². The van der Waals surface area contributed by atoms with E-state index in [4.69, 9.17) is 11.2 Å². The van der Waals surface area contributed by atoms with Gasteiger partial charge in [-0.2, -0.15) is 0 Å². The van der Waals surface area contributed by atoms with Gasteiger partial charge in [-0.3, -0.25) is 4.79 Å². The Bertz CT molecular complexity index is 462. The molecule has 18 heavy (non-hydrogen) atoms. The van der Waals surface area contributed by atoms with Crippen molar-refractivity contribution in [3.05, 3.63) is 29.8 Å². The second kappa shape index (κ2) is 6.11. The lowest BCUT2D eigenvalue weighted by Crippen LogP contribution is -2.32. The summed E-state index contributed by atoms with van der Waals surface area (Å²) in [5, 5.41) is 2.94. The summed E-state index contributed by atoms with van der Waals surface area (Å²) in [5.41, 5.74) is 0.984. The summed E-state index contributed by atoms with van der Waals surface area (Å²) in [6, 6.07) is 7.73. The minimum Gasteiger partial charge on any atom is -0.493 e. The number of para-hydroxylation sites is 1. The zero-order chi connectivity index (χ0) is 12.8. The number of amides is 1. The summed E-state index contributed by atoms with van der Waals surface area (Å²) in [7, 11) is 0. The third kappa shape index (κ3) is 2.84. The smallest absolute Gasteiger partial charge is 0.227 e. The number of terminal acetylenes is 1. The van der Waals surface area contributed by atoms with Crippen molar-refractivity contribution in [3.8, 4) is 18.1 Å². The number of unbranched alkanes of at least 4 members (excludes halogenated alkanes) is 1. The summed E-state index contributed by atoms with van der Waals surface area (Å²) >= 11 is 0. The van der Waals surface area contributed by atoms with Crippen LogP contribution in [0.5, 0.6) is 5.75 Å². The van der Waals surface area contributed by atoms with Gasteiger partial charge in [-0.1, -0.05) is 18.2 Å². The van der Waals surface area contributed by atoms with Gasteiger partial charge in [0.1, 0.15) is 5.75 Å². The van der Waals surface area contributed by atoms with Crippen LogP contribution in [0.25, 0.3) is 0 Å². The highest BCUT2D eigenvalue weighted by Gasteiger charge is 2.26. The summed E-state index contributed by atoms with van der Waals surface area (Å²) in [4.78, 5) is 12.1. The zero-order valence-corrected chi connectivity index (χ0v) is 10.3. The lowest BCUT2D eigenvalue weighted by Gasteiger charge is -2.25. The van der Waals surface area contributed by atoms with Crippen molar-refractivity contribution in [2.24, 2.45) is 0 Å². The Kier molecular flexibility index (Phi) is 4.25. The first kappa shape index (κ1) is 12.5. The second-order valence-electron chi connectivity index (χ2n) is 4.33. The average Bonchev–Trinajstić information content (AvgIpc) is 2.43. The predicted molar refractivity (Wildman–Crippen MR) is 70.4 cm³/mol. The van der Waals surface area contributed by atoms with Crippen molar-refractivity contribution >= 4 is 5.91 Å². The Morgan fingerprint density at radius 2 is 2.33 bits per heavy atom. The first-order valence-corrected chi connectivity index (χ1v) is 6.26. The summed E-state index contributed by atoms with van der Waals surface area (Å²) < 4.78 is 5.54. The summed E-state index contributed by atoms with van der Waals surface area (Å²) in [6.45, 7) is 1.24. The highest BCUT2D eigenvalue weighted by Crippen LogP contribution is 2.33. The lowest BCUT2D eigenvalue weighted by molar-refractivity contribution is -0.123. The van der Waals surface area contributed by atoms with E-state index in [0.717, 1.165) is 24.2 Å². The van der Waals surface area contributed by atoms with Crippen LogP contribution in [0.2, 0.25) is 0 Å². The van der Waals surface area contributed by atoms with Crippen LogP contribution in [-0.2, 0) is 4.79 Å². The zero-order valence-electron chi connectivity index (χ0n) is 10.3. The van der Waals surface area contributed by atoms with Crippen LogP contribution >= 0.6 is 0 Å². The van der Waals surface area contributed by atoms with Gasteiger partial charge in [0.2, 0.25) is 5.91 Å². The third-order valence-electron chi connectivity index (χ3n) is 3.07. The fourth-order valence-corrected chi connectivity index (χ4v) is 2.14. The predicted octanol–water partition coefficient (Wildman–Crippen LogP) is 2.08. The van der Waals surface area contributed by atoms with Crippen molar-refractivity contribution in [2.45, 2.75) is 25.2 Å². The molecule has 3 nitrogen and oxygen atoms in total. The molecule has 1 amide bonds. The average molecular weight is 243 g/mol. The van der Waals surface area contributed by atoms with Gasteiger partial charge in [0.25, 0.3) is 0 Å². The molecule has 0 spiro atoms. The van der Waals surface area contributed by atoms with E-state index in [2.05, 4.69) is 11.2 Å². The second-order valence-corrected chi connectivity index (χ2v) is 4.33. The van der Waals surface area contributed by atoms with Crippen molar-refractivity contribution in [2.75, 3.05) is 13.2 Å². The number of rotatable bonds is 4. The van der Waals surface area contributed by atoms with E-state index in [1.807, 2.05) is 24.3 Å². The Hall–Kier alpha value is -1.95. The van der Waals surface area contributed by atoms with Gasteiger partial charge in [-0.05, 0) is 18.9 Å². The molecule has 94 valence electrons. The van der Waals surface area contributed by atoms with E-state index >= 15 is 0 Å². The maximum Gasteiger partial charge on any atom is 0.227 e. The Morgan fingerprint density at radius 1 is 1.50 bits per heavy atom. The summed E-state index contributed by atoms with van der Waals surface area (Å²) in [5.74, 6) is 3.37. The van der Waals surface area contributed by atoms with Gasteiger partial charge in [-0.15, -0.1) is 12.3 Å². The van der Waals surface area contributed by atoms with Gasteiger partial charge in [0, 0.05) is 18.5 Å². The van der Waals surface area contributed by atoms with Crippen LogP contribution in [0.3, 0.4) is 0 Å². The molecule has 1 heterocycles. The molecule has 1 unspecified atom stereocenters. The Labute approximate surface area is 108 Å². The molecule has 0 fully saturated rings. The fourth-order valence-electron chi connectivity index (χ4n) is 2.14. The topological polar surface area (TPSA) is 38.3 Å². The molecule has 1 N–H and O–H groups in total. The molecule has 1 aliphatic rings. The first-order chi connectivity index (χ1) is 8.83. The first-order valence-electron chi connectivity index (χ1n) is 6.26. The third-order valence-corrected chi connectivity index (χ3v) is 3.07. The number of fused-ring (bicyclic) bond motifs is 1. The number of carbonyl (C=O) groups is 1. The number of ether oxygens (including phenoxy) is 1. The highest BCUT2D eigenvalue weighted by atomic mass is 16.5. The molecule has 0 saturated carbocycles. The van der Waals surface area contributed by atoms with E-state index in [0.29, 0.717) is 19.6 Å². The van der Waals surface area contributed by atoms with Gasteiger partial charge < -0.3 is 10.1 Å². The quantitative estimate of drug-likeness (QED) is 0.649. The van der Waals surface area contributed by atoms with E-state index in [9.17, 15) is 4.79 Å². The largest absolute Gasteiger partial charge is 0.493 e. The lowest BCUT2D eigenvalue weighted by atomic mass is 9.92. The Morgan fingerprint density at radius 3 is 3.17 bits per heavy atom. The normalized spacial score (nSPS) is 17.2. The highest BCUT2D eigenvalue weighted by molar-refractivity contribution is 5.84. The molecule has 1 aromatic rings. The molecule has 0 aliphatic carbocycles. The Balaban J connectivity index is 1.98. The van der Waals surface area contributed by atoms with Gasteiger partial charge >= 0.3 is 0 Å². The molecule has 2 rings (SSSR count). The number of nitrogens with one attached hydrogen (secondary N) is 1. The maximum atomic E-state index is 12.1. The van der Waals surface area contributed by atoms with Gasteiger partial charge in [-0.25, -0.2) is 0 Å². The number of benzene rings is 1. The molecule has 1 aromatic carbocycles.